The first-order chi connectivity index (χ1) is 0. The Morgan fingerprint density at radius 2 is 0.800 bits per heavy atom. The fourth-order valence-corrected chi connectivity index (χ4v) is 0. The van der Waals surface area contributed by atoms with Crippen molar-refractivity contribution in [3.05, 3.63) is 12.3 Å². The van der Waals surface area contributed by atoms with Gasteiger partial charge in [0, 0.05) is 11.0 Å². The van der Waals surface area contributed by atoms with Gasteiger partial charge >= 0.3 is 21.1 Å². The first kappa shape index (κ1) is 141. The summed E-state index contributed by atoms with van der Waals surface area (Å²) in [4.78, 5) is 0. The van der Waals surface area contributed by atoms with Gasteiger partial charge in [0.25, 0.3) is 0 Å². The van der Waals surface area contributed by atoms with Gasteiger partial charge in [-0.1, -0.05) is 0 Å². The molecule has 5 heavy (non-hydrogen) atoms. The molecule has 2 nitrogen and oxygen atoms in total. The van der Waals surface area contributed by atoms with Crippen molar-refractivity contribution < 1.29 is 21.1 Å². The van der Waals surface area contributed by atoms with Crippen molar-refractivity contribution in [1.29, 1.82) is 0 Å². The zero-order chi connectivity index (χ0) is 0. The van der Waals surface area contributed by atoms with Crippen LogP contribution in [0.15, 0.2) is 0 Å². The fourth-order valence-electron chi connectivity index (χ4n) is 0. The van der Waals surface area contributed by atoms with Crippen molar-refractivity contribution in [2.75, 3.05) is 0 Å². The predicted octanol–water partition coefficient (Wildman–Crippen LogP) is -1.26. The van der Waals surface area contributed by atoms with Gasteiger partial charge in [0.05, 0.1) is 0 Å². The van der Waals surface area contributed by atoms with Crippen molar-refractivity contribution >= 4 is 21.9 Å². The molecule has 0 bridgehead atoms. The number of hydrogen-bond donors (Lipinski definition) is 0. The summed E-state index contributed by atoms with van der Waals surface area (Å²) in [5.41, 5.74) is 0. The second-order valence-electron chi connectivity index (χ2n) is 0. The van der Waals surface area contributed by atoms with Crippen LogP contribution in [-0.4, -0.2) is 21.9 Å². The minimum absolute atomic E-state index is 0. The van der Waals surface area contributed by atoms with E-state index in [1.165, 1.54) is 0 Å². The second-order valence-corrected chi connectivity index (χ2v) is 0. The van der Waals surface area contributed by atoms with Gasteiger partial charge in [0.2, 0.25) is 0 Å². The Bertz CT molecular complexity index is 7.61. The molecule has 0 aliphatic rings. The van der Waals surface area contributed by atoms with Crippen LogP contribution >= 0.6 is 0 Å². The van der Waals surface area contributed by atoms with E-state index in [2.05, 4.69) is 0 Å². The Labute approximate surface area is 55.6 Å². The molecule has 0 atom stereocenters. The summed E-state index contributed by atoms with van der Waals surface area (Å²) >= 11 is 0. The summed E-state index contributed by atoms with van der Waals surface area (Å²) in [6.07, 6.45) is 0. The molecule has 0 heterocycles. The third-order valence-corrected chi connectivity index (χ3v) is 0. The fraction of sp³-hybridized carbons (Fsp3) is 0. The molecular weight excluding hydrogens is 268 g/mol. The SMILES string of the molecule is [N-3].[N-3].[SiH4].[Si].[W+6]. The Morgan fingerprint density at radius 3 is 0.800 bits per heavy atom. The molecule has 0 saturated carbocycles. The zero-order valence-electron chi connectivity index (χ0n) is 1.80. The zero-order valence-corrected chi connectivity index (χ0v) is 5.74. The minimum Gasteiger partial charge on any atom is -3.00 e. The first-order valence-corrected chi connectivity index (χ1v) is 0. The molecule has 0 saturated heterocycles. The minimum atomic E-state index is 0. The molecule has 0 aliphatic carbocycles. The normalized spacial score (nSPS) is 0. The quantitative estimate of drug-likeness (QED) is 0.494. The molecule has 0 aliphatic heterocycles. The van der Waals surface area contributed by atoms with Gasteiger partial charge in [0.1, 0.15) is 0 Å². The average molecular weight is 272 g/mol. The molecule has 4 radical (unpaired) electrons. The third kappa shape index (κ3) is 43.0. The van der Waals surface area contributed by atoms with Crippen LogP contribution in [0.5, 0.6) is 0 Å². The largest absolute Gasteiger partial charge is 6.00 e. The molecule has 28 valence electrons. The molecule has 0 rings (SSSR count). The van der Waals surface area contributed by atoms with E-state index < -0.39 is 0 Å². The molecule has 0 aromatic heterocycles. The molecule has 0 unspecified atom stereocenters. The van der Waals surface area contributed by atoms with E-state index in [0.717, 1.165) is 0 Å². The van der Waals surface area contributed by atoms with Crippen LogP contribution in [0.25, 0.3) is 12.3 Å². The van der Waals surface area contributed by atoms with Gasteiger partial charge < -0.3 is 12.3 Å². The van der Waals surface area contributed by atoms with Gasteiger partial charge in [-0.2, -0.15) is 0 Å². The van der Waals surface area contributed by atoms with E-state index in [0.29, 0.717) is 0 Å². The van der Waals surface area contributed by atoms with Crippen LogP contribution in [0.1, 0.15) is 0 Å². The smallest absolute Gasteiger partial charge is 3.00 e. The van der Waals surface area contributed by atoms with Crippen LogP contribution in [-0.2, 0) is 21.1 Å². The summed E-state index contributed by atoms with van der Waals surface area (Å²) in [6.45, 7) is 0. The van der Waals surface area contributed by atoms with E-state index in [4.69, 9.17) is 0 Å². The van der Waals surface area contributed by atoms with Gasteiger partial charge in [-0.25, -0.2) is 0 Å². The molecule has 0 spiro atoms. The Hall–Kier alpha value is 1.04. The van der Waals surface area contributed by atoms with Gasteiger partial charge in [-0.3, -0.25) is 0 Å². The number of nitrogens with zero attached hydrogens (tertiary/aromatic N) is 2. The topological polar surface area (TPSA) is 61.0 Å². The second kappa shape index (κ2) is 75.9. The van der Waals surface area contributed by atoms with Crippen LogP contribution in [0.4, 0.5) is 0 Å². The molecule has 0 N–H and O–H groups in total. The maximum Gasteiger partial charge on any atom is 6.00 e. The maximum absolute atomic E-state index is 0. The van der Waals surface area contributed by atoms with Gasteiger partial charge in [-0.05, 0) is 11.0 Å². The van der Waals surface area contributed by atoms with E-state index in [1.807, 2.05) is 0 Å². The molecule has 0 aromatic rings. The van der Waals surface area contributed by atoms with Crippen molar-refractivity contribution in [3.63, 3.8) is 0 Å². The summed E-state index contributed by atoms with van der Waals surface area (Å²) in [5, 5.41) is 0. The molecular formula is H4N2Si2W. The van der Waals surface area contributed by atoms with E-state index >= 15 is 0 Å². The van der Waals surface area contributed by atoms with Crippen molar-refractivity contribution in [2.45, 2.75) is 0 Å². The van der Waals surface area contributed by atoms with Crippen molar-refractivity contribution in [3.8, 4) is 0 Å². The standard InChI is InChI=1S/2N.H4Si.Si.W/h;;1H4;;/q2*-3;;;+6. The summed E-state index contributed by atoms with van der Waals surface area (Å²) < 4.78 is 0. The molecule has 0 amide bonds. The molecule has 0 fully saturated rings. The van der Waals surface area contributed by atoms with Crippen LogP contribution in [0, 0.1) is 0 Å². The van der Waals surface area contributed by atoms with Crippen LogP contribution < -0.4 is 0 Å². The third-order valence-electron chi connectivity index (χ3n) is 0. The van der Waals surface area contributed by atoms with Crippen LogP contribution in [0.3, 0.4) is 0 Å². The van der Waals surface area contributed by atoms with Gasteiger partial charge in [0.15, 0.2) is 0 Å². The molecule has 5 heteroatoms. The van der Waals surface area contributed by atoms with Crippen LogP contribution in [0.2, 0.25) is 0 Å². The van der Waals surface area contributed by atoms with E-state index in [-0.39, 0.29) is 55.3 Å². The summed E-state index contributed by atoms with van der Waals surface area (Å²) in [5.74, 6) is 0. The van der Waals surface area contributed by atoms with Crippen molar-refractivity contribution in [1.82, 2.24) is 0 Å². The van der Waals surface area contributed by atoms with Crippen molar-refractivity contribution in [2.24, 2.45) is 0 Å². The molecule has 0 aromatic carbocycles. The first-order valence-electron chi connectivity index (χ1n) is 0. The summed E-state index contributed by atoms with van der Waals surface area (Å²) in [7, 11) is 0. The maximum atomic E-state index is 0. The van der Waals surface area contributed by atoms with E-state index in [1.54, 1.807) is 0 Å². The number of hydrogen-bond acceptors (Lipinski definition) is 0. The Kier molecular flexibility index (Phi) is 2150. The Balaban J connectivity index is 0. The van der Waals surface area contributed by atoms with E-state index in [9.17, 15) is 0 Å². The van der Waals surface area contributed by atoms with Gasteiger partial charge in [-0.15, -0.1) is 0 Å². The average Bonchev–Trinajstić information content (AvgIpc) is 0. The monoisotopic (exact) mass is 272 g/mol. The Morgan fingerprint density at radius 1 is 0.800 bits per heavy atom. The summed E-state index contributed by atoms with van der Waals surface area (Å²) in [6, 6.07) is 0. The number of rotatable bonds is 0. The predicted molar refractivity (Wildman–Crippen MR) is 23.8 cm³/mol.